The van der Waals surface area contributed by atoms with Crippen molar-refractivity contribution < 1.29 is 19.1 Å². The number of ether oxygens (including phenoxy) is 2. The van der Waals surface area contributed by atoms with Gasteiger partial charge in [0.2, 0.25) is 23.1 Å². The number of carbonyl (C=O) groups excluding carboxylic acids is 2. The van der Waals surface area contributed by atoms with Crippen LogP contribution in [-0.4, -0.2) is 11.6 Å². The van der Waals surface area contributed by atoms with Crippen LogP contribution in [0.5, 0.6) is 0 Å². The third kappa shape index (κ3) is 5.89. The average Bonchev–Trinajstić information content (AvgIpc) is 2.52. The molecule has 0 unspecified atom stereocenters. The van der Waals surface area contributed by atoms with Crippen LogP contribution in [0.4, 0.5) is 0 Å². The maximum Gasteiger partial charge on any atom is 0.235 e. The van der Waals surface area contributed by atoms with Gasteiger partial charge in [-0.1, -0.05) is 38.5 Å². The quantitative estimate of drug-likeness (QED) is 0.429. The van der Waals surface area contributed by atoms with E-state index in [1.807, 2.05) is 0 Å². The van der Waals surface area contributed by atoms with E-state index in [4.69, 9.17) is 9.47 Å². The van der Waals surface area contributed by atoms with E-state index in [0.29, 0.717) is 12.8 Å². The van der Waals surface area contributed by atoms with Gasteiger partial charge in [-0.05, 0) is 25.0 Å². The minimum atomic E-state index is -0.449. The van der Waals surface area contributed by atoms with E-state index in [1.54, 1.807) is 0 Å². The maximum atomic E-state index is 11.8. The largest absolute Gasteiger partial charge is 0.399 e. The van der Waals surface area contributed by atoms with Gasteiger partial charge in [0.15, 0.2) is 0 Å². The first-order valence-electron chi connectivity index (χ1n) is 7.51. The van der Waals surface area contributed by atoms with Crippen molar-refractivity contribution in [2.24, 2.45) is 0 Å². The van der Waals surface area contributed by atoms with Crippen molar-refractivity contribution in [2.75, 3.05) is 0 Å². The van der Waals surface area contributed by atoms with Crippen LogP contribution >= 0.6 is 0 Å². The summed E-state index contributed by atoms with van der Waals surface area (Å²) in [7, 11) is 0. The summed E-state index contributed by atoms with van der Waals surface area (Å²) in [4.78, 5) is 23.6. The molecule has 1 aliphatic rings. The summed E-state index contributed by atoms with van der Waals surface area (Å²) < 4.78 is 10.2. The number of unbranched alkanes of at least 4 members (excludes halogenated alkanes) is 4. The molecule has 0 bridgehead atoms. The average molecular weight is 300 g/mol. The Hall–Kier alpha value is -2.46. The Bertz CT molecular complexity index is 536. The van der Waals surface area contributed by atoms with Crippen LogP contribution in [-0.2, 0) is 19.1 Å². The minimum absolute atomic E-state index is 0.193. The van der Waals surface area contributed by atoms with Crippen LogP contribution in [0.2, 0.25) is 0 Å². The van der Waals surface area contributed by atoms with Crippen LogP contribution in [0.15, 0.2) is 23.7 Å². The Kier molecular flexibility index (Phi) is 8.23. The predicted octanol–water partition coefficient (Wildman–Crippen LogP) is 3.24. The molecule has 0 saturated heterocycles. The molecule has 0 atom stereocenters. The first-order chi connectivity index (χ1) is 10.7. The lowest BCUT2D eigenvalue weighted by molar-refractivity contribution is -0.118. The molecule has 0 aromatic carbocycles. The Morgan fingerprint density at radius 1 is 0.818 bits per heavy atom. The van der Waals surface area contributed by atoms with Crippen molar-refractivity contribution in [3.05, 3.63) is 23.7 Å². The van der Waals surface area contributed by atoms with E-state index in [1.165, 1.54) is 0 Å². The van der Waals surface area contributed by atoms with Gasteiger partial charge in [0.05, 0.1) is 0 Å². The lowest BCUT2D eigenvalue weighted by Crippen LogP contribution is -2.16. The van der Waals surface area contributed by atoms with Gasteiger partial charge in [-0.3, -0.25) is 9.59 Å². The Balaban J connectivity index is 2.78. The number of rotatable bonds is 6. The molecule has 0 amide bonds. The van der Waals surface area contributed by atoms with Gasteiger partial charge in [-0.15, -0.1) is 0 Å². The summed E-state index contributed by atoms with van der Waals surface area (Å²) in [5.74, 6) is 4.29. The van der Waals surface area contributed by atoms with Gasteiger partial charge in [-0.2, -0.15) is 0 Å². The number of hydrogen-bond acceptors (Lipinski definition) is 4. The molecule has 0 aromatic rings. The van der Waals surface area contributed by atoms with Crippen molar-refractivity contribution in [3.8, 4) is 24.1 Å². The summed E-state index contributed by atoms with van der Waals surface area (Å²) in [5.41, 5.74) is 0. The van der Waals surface area contributed by atoms with Crippen LogP contribution in [0, 0.1) is 24.1 Å². The van der Waals surface area contributed by atoms with Gasteiger partial charge < -0.3 is 9.47 Å². The molecule has 1 aliphatic carbocycles. The number of hydrogen-bond donors (Lipinski definition) is 0. The van der Waals surface area contributed by atoms with Gasteiger partial charge in [0.1, 0.15) is 12.2 Å². The molecular formula is C18H20O4. The topological polar surface area (TPSA) is 52.6 Å². The predicted molar refractivity (Wildman–Crippen MR) is 83.0 cm³/mol. The van der Waals surface area contributed by atoms with Crippen molar-refractivity contribution in [3.63, 3.8) is 0 Å². The smallest absolute Gasteiger partial charge is 0.235 e. The lowest BCUT2D eigenvalue weighted by atomic mass is 10.1. The highest BCUT2D eigenvalue weighted by Crippen LogP contribution is 2.16. The summed E-state index contributed by atoms with van der Waals surface area (Å²) in [6, 6.07) is 0. The maximum absolute atomic E-state index is 11.8. The molecule has 4 nitrogen and oxygen atoms in total. The van der Waals surface area contributed by atoms with E-state index in [2.05, 4.69) is 37.9 Å². The van der Waals surface area contributed by atoms with Crippen LogP contribution in [0.1, 0.15) is 52.4 Å². The van der Waals surface area contributed by atoms with E-state index >= 15 is 0 Å². The van der Waals surface area contributed by atoms with Crippen LogP contribution in [0.25, 0.3) is 0 Å². The second-order valence-corrected chi connectivity index (χ2v) is 4.69. The molecule has 0 saturated carbocycles. The summed E-state index contributed by atoms with van der Waals surface area (Å²) in [6.45, 7) is 4.12. The highest BCUT2D eigenvalue weighted by atomic mass is 16.5. The Labute approximate surface area is 131 Å². The molecule has 4 heteroatoms. The molecule has 0 N–H and O–H groups in total. The summed E-state index contributed by atoms with van der Waals surface area (Å²) in [6.07, 6.45) is 12.5. The third-order valence-corrected chi connectivity index (χ3v) is 2.80. The molecule has 0 spiro atoms. The molecule has 0 aliphatic heterocycles. The first kappa shape index (κ1) is 17.6. The standard InChI is InChI=1S/C18H20O4/c1-3-5-7-9-13-21-17-15(19)11-12-16(20)18(17)22-14-10-8-6-4-2/h11-12H,3-8H2,1-2H3. The van der Waals surface area contributed by atoms with E-state index in [-0.39, 0.29) is 11.5 Å². The third-order valence-electron chi connectivity index (χ3n) is 2.80. The van der Waals surface area contributed by atoms with Crippen molar-refractivity contribution in [1.82, 2.24) is 0 Å². The zero-order valence-electron chi connectivity index (χ0n) is 13.0. The molecule has 116 valence electrons. The van der Waals surface area contributed by atoms with Crippen LogP contribution in [0.3, 0.4) is 0 Å². The highest BCUT2D eigenvalue weighted by Gasteiger charge is 2.26. The molecule has 0 radical (unpaired) electrons. The second kappa shape index (κ2) is 10.3. The zero-order chi connectivity index (χ0) is 16.2. The molecule has 0 fully saturated rings. The van der Waals surface area contributed by atoms with E-state index in [0.717, 1.165) is 37.8 Å². The Morgan fingerprint density at radius 2 is 1.23 bits per heavy atom. The first-order valence-corrected chi connectivity index (χ1v) is 7.51. The fourth-order valence-corrected chi connectivity index (χ4v) is 1.53. The van der Waals surface area contributed by atoms with Gasteiger partial charge in [0.25, 0.3) is 0 Å². The second-order valence-electron chi connectivity index (χ2n) is 4.69. The Morgan fingerprint density at radius 3 is 1.59 bits per heavy atom. The SMILES string of the molecule is CCCCC#COC1=C(OC#CCCCC)C(=O)C=CC1=O. The highest BCUT2D eigenvalue weighted by molar-refractivity contribution is 6.18. The van der Waals surface area contributed by atoms with Gasteiger partial charge in [0, 0.05) is 12.8 Å². The molecule has 22 heavy (non-hydrogen) atoms. The summed E-state index contributed by atoms with van der Waals surface area (Å²) >= 11 is 0. The number of allylic oxidation sites excluding steroid dienone is 2. The van der Waals surface area contributed by atoms with Crippen molar-refractivity contribution in [2.45, 2.75) is 52.4 Å². The monoisotopic (exact) mass is 300 g/mol. The van der Waals surface area contributed by atoms with Gasteiger partial charge >= 0.3 is 0 Å². The van der Waals surface area contributed by atoms with E-state index < -0.39 is 11.6 Å². The van der Waals surface area contributed by atoms with Gasteiger partial charge in [-0.25, -0.2) is 0 Å². The molecular weight excluding hydrogens is 280 g/mol. The van der Waals surface area contributed by atoms with Crippen LogP contribution < -0.4 is 0 Å². The lowest BCUT2D eigenvalue weighted by Gasteiger charge is -2.09. The van der Waals surface area contributed by atoms with Crippen molar-refractivity contribution >= 4 is 11.6 Å². The molecule has 1 rings (SSSR count). The number of carbonyl (C=O) groups is 2. The van der Waals surface area contributed by atoms with E-state index in [9.17, 15) is 9.59 Å². The molecule has 0 aromatic heterocycles. The van der Waals surface area contributed by atoms with Crippen molar-refractivity contribution in [1.29, 1.82) is 0 Å². The fourth-order valence-electron chi connectivity index (χ4n) is 1.53. The summed E-state index contributed by atoms with van der Waals surface area (Å²) in [5, 5.41) is 0. The normalized spacial score (nSPS) is 13.2. The number of ketones is 2. The minimum Gasteiger partial charge on any atom is -0.399 e. The molecule has 0 heterocycles. The fraction of sp³-hybridized carbons (Fsp3) is 0.444. The zero-order valence-corrected chi connectivity index (χ0v) is 13.0.